The van der Waals surface area contributed by atoms with Gasteiger partial charge in [0.1, 0.15) is 5.52 Å². The Morgan fingerprint density at radius 2 is 2.36 bits per heavy atom. The number of fused-ring (bicyclic) bond motifs is 1. The van der Waals surface area contributed by atoms with Crippen LogP contribution in [0.1, 0.15) is 6.92 Å². The molecule has 0 unspecified atom stereocenters. The van der Waals surface area contributed by atoms with Gasteiger partial charge in [-0.2, -0.15) is 0 Å². The number of anilines is 1. The molecule has 5 heteroatoms. The average Bonchev–Trinajstić information content (AvgIpc) is 2.50. The molecule has 2 N–H and O–H groups in total. The van der Waals surface area contributed by atoms with Crippen molar-refractivity contribution in [2.24, 2.45) is 0 Å². The van der Waals surface area contributed by atoms with Gasteiger partial charge in [-0.3, -0.25) is 4.79 Å². The quantitative estimate of drug-likeness (QED) is 0.820. The zero-order chi connectivity index (χ0) is 10.1. The molecular weight excluding hydrogens is 246 g/mol. The Kier molecular flexibility index (Phi) is 2.25. The third-order valence-corrected chi connectivity index (χ3v) is 2.40. The number of imidazole rings is 1. The van der Waals surface area contributed by atoms with E-state index in [4.69, 9.17) is 0 Å². The Hall–Kier alpha value is -1.36. The van der Waals surface area contributed by atoms with Crippen molar-refractivity contribution in [2.45, 2.75) is 6.92 Å². The summed E-state index contributed by atoms with van der Waals surface area (Å²) in [5.41, 5.74) is 2.50. The Bertz CT molecular complexity index is 492. The Balaban J connectivity index is 2.53. The number of benzene rings is 1. The molecule has 0 aliphatic rings. The first-order valence-electron chi connectivity index (χ1n) is 4.07. The lowest BCUT2D eigenvalue weighted by molar-refractivity contribution is -0.114. The highest BCUT2D eigenvalue weighted by Gasteiger charge is 2.04. The zero-order valence-electron chi connectivity index (χ0n) is 7.47. The average molecular weight is 254 g/mol. The van der Waals surface area contributed by atoms with Crippen molar-refractivity contribution in [1.82, 2.24) is 9.97 Å². The molecule has 0 saturated heterocycles. The van der Waals surface area contributed by atoms with Gasteiger partial charge in [0, 0.05) is 17.1 Å². The molecule has 1 heterocycles. The predicted molar refractivity (Wildman–Crippen MR) is 58.1 cm³/mol. The van der Waals surface area contributed by atoms with E-state index in [9.17, 15) is 4.79 Å². The normalized spacial score (nSPS) is 10.4. The fraction of sp³-hybridized carbons (Fsp3) is 0.111. The second-order valence-corrected chi connectivity index (χ2v) is 3.79. The molecule has 0 saturated carbocycles. The molecule has 0 aliphatic heterocycles. The molecule has 4 nitrogen and oxygen atoms in total. The lowest BCUT2D eigenvalue weighted by Crippen LogP contribution is -2.05. The second-order valence-electron chi connectivity index (χ2n) is 2.94. The van der Waals surface area contributed by atoms with Crippen molar-refractivity contribution in [2.75, 3.05) is 5.32 Å². The molecule has 0 spiro atoms. The van der Waals surface area contributed by atoms with Crippen molar-refractivity contribution < 1.29 is 4.79 Å². The van der Waals surface area contributed by atoms with Gasteiger partial charge in [-0.1, -0.05) is 0 Å². The highest BCUT2D eigenvalue weighted by molar-refractivity contribution is 9.10. The van der Waals surface area contributed by atoms with Gasteiger partial charge in [-0.25, -0.2) is 4.98 Å². The number of H-pyrrole nitrogens is 1. The van der Waals surface area contributed by atoms with E-state index < -0.39 is 0 Å². The summed E-state index contributed by atoms with van der Waals surface area (Å²) in [5.74, 6) is -0.0873. The minimum Gasteiger partial charge on any atom is -0.344 e. The molecule has 1 aromatic carbocycles. The van der Waals surface area contributed by atoms with Crippen molar-refractivity contribution in [3.05, 3.63) is 22.9 Å². The zero-order valence-corrected chi connectivity index (χ0v) is 9.05. The maximum absolute atomic E-state index is 10.8. The van der Waals surface area contributed by atoms with Crippen LogP contribution in [0.5, 0.6) is 0 Å². The van der Waals surface area contributed by atoms with Crippen molar-refractivity contribution in [1.29, 1.82) is 0 Å². The summed E-state index contributed by atoms with van der Waals surface area (Å²) in [5, 5.41) is 2.71. The number of hydrogen-bond donors (Lipinski definition) is 2. The number of aromatic amines is 1. The van der Waals surface area contributed by atoms with Crippen LogP contribution in [0.2, 0.25) is 0 Å². The van der Waals surface area contributed by atoms with Crippen LogP contribution in [-0.4, -0.2) is 15.9 Å². The molecule has 0 aliphatic carbocycles. The number of carbonyl (C=O) groups is 1. The number of halogens is 1. The summed E-state index contributed by atoms with van der Waals surface area (Å²) >= 11 is 3.38. The maximum atomic E-state index is 10.8. The highest BCUT2D eigenvalue weighted by Crippen LogP contribution is 2.25. The van der Waals surface area contributed by atoms with Crippen LogP contribution in [0.25, 0.3) is 11.0 Å². The first-order valence-corrected chi connectivity index (χ1v) is 4.86. The summed E-state index contributed by atoms with van der Waals surface area (Å²) in [6.07, 6.45) is 1.62. The van der Waals surface area contributed by atoms with Crippen molar-refractivity contribution >= 4 is 38.6 Å². The van der Waals surface area contributed by atoms with Crippen LogP contribution in [0.4, 0.5) is 5.69 Å². The lowest BCUT2D eigenvalue weighted by atomic mass is 10.3. The minimum absolute atomic E-state index is 0.0873. The van der Waals surface area contributed by atoms with Crippen LogP contribution >= 0.6 is 15.9 Å². The predicted octanol–water partition coefficient (Wildman–Crippen LogP) is 2.28. The molecule has 0 fully saturated rings. The molecular formula is C9H8BrN3O. The van der Waals surface area contributed by atoms with Gasteiger partial charge in [0.05, 0.1) is 11.8 Å². The Morgan fingerprint density at radius 3 is 3.07 bits per heavy atom. The molecule has 2 aromatic rings. The van der Waals surface area contributed by atoms with Crippen LogP contribution < -0.4 is 5.32 Å². The Labute approximate surface area is 88.9 Å². The number of amides is 1. The van der Waals surface area contributed by atoms with Crippen LogP contribution in [0.15, 0.2) is 22.9 Å². The topological polar surface area (TPSA) is 57.8 Å². The van der Waals surface area contributed by atoms with E-state index in [1.54, 1.807) is 6.33 Å². The third-order valence-electron chi connectivity index (χ3n) is 1.80. The number of carbonyl (C=O) groups excluding carboxylic acids is 1. The number of rotatable bonds is 1. The first-order chi connectivity index (χ1) is 6.66. The molecule has 1 aromatic heterocycles. The Morgan fingerprint density at radius 1 is 1.57 bits per heavy atom. The molecule has 2 rings (SSSR count). The molecule has 0 atom stereocenters. The number of hydrogen-bond acceptors (Lipinski definition) is 2. The molecule has 0 bridgehead atoms. The summed E-state index contributed by atoms with van der Waals surface area (Å²) in [7, 11) is 0. The largest absolute Gasteiger partial charge is 0.344 e. The van der Waals surface area contributed by atoms with E-state index >= 15 is 0 Å². The fourth-order valence-electron chi connectivity index (χ4n) is 1.28. The van der Waals surface area contributed by atoms with Gasteiger partial charge >= 0.3 is 0 Å². The molecule has 14 heavy (non-hydrogen) atoms. The van der Waals surface area contributed by atoms with Gasteiger partial charge in [0.2, 0.25) is 5.91 Å². The molecule has 72 valence electrons. The highest BCUT2D eigenvalue weighted by atomic mass is 79.9. The van der Waals surface area contributed by atoms with E-state index in [2.05, 4.69) is 31.2 Å². The van der Waals surface area contributed by atoms with Crippen molar-refractivity contribution in [3.63, 3.8) is 0 Å². The molecule has 0 radical (unpaired) electrons. The number of aromatic nitrogens is 2. The van der Waals surface area contributed by atoms with Gasteiger partial charge in [0.25, 0.3) is 0 Å². The van der Waals surface area contributed by atoms with Crippen LogP contribution in [-0.2, 0) is 4.79 Å². The first kappa shape index (κ1) is 9.21. The third kappa shape index (κ3) is 1.63. The van der Waals surface area contributed by atoms with Crippen LogP contribution in [0, 0.1) is 0 Å². The van der Waals surface area contributed by atoms with E-state index in [0.29, 0.717) is 0 Å². The SMILES string of the molecule is CC(=O)Nc1cc(Br)c2nc[nH]c2c1. The summed E-state index contributed by atoms with van der Waals surface area (Å²) in [6.45, 7) is 1.48. The fourth-order valence-corrected chi connectivity index (χ4v) is 1.84. The lowest BCUT2D eigenvalue weighted by Gasteiger charge is -2.02. The summed E-state index contributed by atoms with van der Waals surface area (Å²) in [4.78, 5) is 18.0. The van der Waals surface area contributed by atoms with Gasteiger partial charge in [0.15, 0.2) is 0 Å². The van der Waals surface area contributed by atoms with E-state index in [-0.39, 0.29) is 5.91 Å². The van der Waals surface area contributed by atoms with E-state index in [0.717, 1.165) is 21.2 Å². The second kappa shape index (κ2) is 3.42. The van der Waals surface area contributed by atoms with Crippen molar-refractivity contribution in [3.8, 4) is 0 Å². The maximum Gasteiger partial charge on any atom is 0.221 e. The minimum atomic E-state index is -0.0873. The number of nitrogens with zero attached hydrogens (tertiary/aromatic N) is 1. The number of nitrogens with one attached hydrogen (secondary N) is 2. The standard InChI is InChI=1S/C9H8BrN3O/c1-5(14)13-6-2-7(10)9-8(3-6)11-4-12-9/h2-4H,1H3,(H,11,12)(H,13,14). The smallest absolute Gasteiger partial charge is 0.221 e. The molecule has 1 amide bonds. The summed E-state index contributed by atoms with van der Waals surface area (Å²) < 4.78 is 0.861. The van der Waals surface area contributed by atoms with Gasteiger partial charge < -0.3 is 10.3 Å². The monoisotopic (exact) mass is 253 g/mol. The van der Waals surface area contributed by atoms with Crippen LogP contribution in [0.3, 0.4) is 0 Å². The van der Waals surface area contributed by atoms with E-state index in [1.807, 2.05) is 12.1 Å². The van der Waals surface area contributed by atoms with E-state index in [1.165, 1.54) is 6.92 Å². The van der Waals surface area contributed by atoms with Gasteiger partial charge in [-0.05, 0) is 28.1 Å². The summed E-state index contributed by atoms with van der Waals surface area (Å²) in [6, 6.07) is 3.67. The van der Waals surface area contributed by atoms with Gasteiger partial charge in [-0.15, -0.1) is 0 Å².